The van der Waals surface area contributed by atoms with Crippen molar-refractivity contribution in [3.05, 3.63) is 22.4 Å². The van der Waals surface area contributed by atoms with Gasteiger partial charge in [-0.15, -0.1) is 11.3 Å². The second-order valence-corrected chi connectivity index (χ2v) is 4.61. The zero-order valence-corrected chi connectivity index (χ0v) is 8.02. The van der Waals surface area contributed by atoms with Gasteiger partial charge in [-0.25, -0.2) is 0 Å². The Balaban J connectivity index is 1.97. The quantitative estimate of drug-likeness (QED) is 0.759. The summed E-state index contributed by atoms with van der Waals surface area (Å²) in [7, 11) is 0. The first-order valence-electron chi connectivity index (χ1n) is 4.63. The second-order valence-electron chi connectivity index (χ2n) is 3.63. The van der Waals surface area contributed by atoms with Crippen LogP contribution in [0.3, 0.4) is 0 Å². The maximum absolute atomic E-state index is 5.75. The van der Waals surface area contributed by atoms with Gasteiger partial charge < -0.3 is 5.73 Å². The topological polar surface area (TPSA) is 26.0 Å². The van der Waals surface area contributed by atoms with Crippen molar-refractivity contribution in [3.8, 4) is 0 Å². The first-order chi connectivity index (χ1) is 5.90. The number of hydrogen-bond donors (Lipinski definition) is 1. The fraction of sp³-hybridized carbons (Fsp3) is 0.600. The van der Waals surface area contributed by atoms with E-state index in [9.17, 15) is 0 Å². The Hall–Kier alpha value is -0.340. The Morgan fingerprint density at radius 2 is 2.42 bits per heavy atom. The summed E-state index contributed by atoms with van der Waals surface area (Å²) < 4.78 is 0. The molecule has 2 rings (SSSR count). The average molecular weight is 181 g/mol. The Kier molecular flexibility index (Phi) is 2.47. The highest BCUT2D eigenvalue weighted by Gasteiger charge is 2.25. The van der Waals surface area contributed by atoms with Gasteiger partial charge >= 0.3 is 0 Å². The van der Waals surface area contributed by atoms with Crippen LogP contribution in [0.4, 0.5) is 0 Å². The molecule has 1 atom stereocenters. The fourth-order valence-corrected chi connectivity index (χ4v) is 2.46. The van der Waals surface area contributed by atoms with Crippen LogP contribution in [0.15, 0.2) is 17.5 Å². The molecular weight excluding hydrogens is 166 g/mol. The normalized spacial score (nSPS) is 19.4. The van der Waals surface area contributed by atoms with Gasteiger partial charge in [-0.1, -0.05) is 18.9 Å². The van der Waals surface area contributed by atoms with E-state index in [1.54, 1.807) is 0 Å². The Morgan fingerprint density at radius 1 is 1.58 bits per heavy atom. The van der Waals surface area contributed by atoms with E-state index in [0.29, 0.717) is 5.92 Å². The molecule has 66 valence electrons. The van der Waals surface area contributed by atoms with Crippen LogP contribution < -0.4 is 5.73 Å². The van der Waals surface area contributed by atoms with Crippen molar-refractivity contribution in [2.75, 3.05) is 6.54 Å². The number of rotatable bonds is 4. The van der Waals surface area contributed by atoms with Crippen molar-refractivity contribution in [1.82, 2.24) is 0 Å². The van der Waals surface area contributed by atoms with Crippen LogP contribution in [0.2, 0.25) is 0 Å². The zero-order chi connectivity index (χ0) is 8.39. The van der Waals surface area contributed by atoms with Crippen molar-refractivity contribution in [3.63, 3.8) is 0 Å². The van der Waals surface area contributed by atoms with Crippen LogP contribution in [0.5, 0.6) is 0 Å². The lowest BCUT2D eigenvalue weighted by Crippen LogP contribution is -2.11. The molecular formula is C10H15NS. The molecule has 0 aliphatic heterocycles. The van der Waals surface area contributed by atoms with E-state index in [2.05, 4.69) is 17.5 Å². The van der Waals surface area contributed by atoms with E-state index in [4.69, 9.17) is 5.73 Å². The molecule has 12 heavy (non-hydrogen) atoms. The fourth-order valence-electron chi connectivity index (χ4n) is 1.61. The largest absolute Gasteiger partial charge is 0.330 e. The van der Waals surface area contributed by atoms with Gasteiger partial charge in [0.1, 0.15) is 0 Å². The Labute approximate surface area is 77.6 Å². The molecule has 0 aromatic carbocycles. The molecule has 1 aliphatic rings. The van der Waals surface area contributed by atoms with Gasteiger partial charge in [-0.2, -0.15) is 0 Å². The smallest absolute Gasteiger partial charge is 0.00888 e. The molecule has 1 saturated carbocycles. The molecule has 1 aromatic rings. The lowest BCUT2D eigenvalue weighted by molar-refractivity contribution is 0.593. The second kappa shape index (κ2) is 3.58. The molecule has 1 aromatic heterocycles. The molecule has 0 saturated heterocycles. The van der Waals surface area contributed by atoms with Crippen LogP contribution in [0.25, 0.3) is 0 Å². The molecule has 0 bridgehead atoms. The van der Waals surface area contributed by atoms with Gasteiger partial charge in [0.15, 0.2) is 0 Å². The van der Waals surface area contributed by atoms with E-state index >= 15 is 0 Å². The molecule has 0 radical (unpaired) electrons. The molecule has 0 amide bonds. The highest BCUT2D eigenvalue weighted by atomic mass is 32.1. The average Bonchev–Trinajstić information content (AvgIpc) is 2.74. The summed E-state index contributed by atoms with van der Waals surface area (Å²) in [6, 6.07) is 4.33. The molecule has 1 aliphatic carbocycles. The van der Waals surface area contributed by atoms with Crippen molar-refractivity contribution >= 4 is 11.3 Å². The van der Waals surface area contributed by atoms with Crippen molar-refractivity contribution in [1.29, 1.82) is 0 Å². The number of thiophene rings is 1. The first kappa shape index (κ1) is 8.27. The maximum Gasteiger partial charge on any atom is 0.00888 e. The van der Waals surface area contributed by atoms with Gasteiger partial charge in [-0.3, -0.25) is 0 Å². The third-order valence-corrected chi connectivity index (χ3v) is 3.58. The summed E-state index contributed by atoms with van der Waals surface area (Å²) >= 11 is 1.85. The molecule has 2 N–H and O–H groups in total. The van der Waals surface area contributed by atoms with Gasteiger partial charge in [0, 0.05) is 10.8 Å². The lowest BCUT2D eigenvalue weighted by atomic mass is 10.0. The number of nitrogens with two attached hydrogens (primary N) is 1. The summed E-state index contributed by atoms with van der Waals surface area (Å²) in [6.45, 7) is 0.816. The van der Waals surface area contributed by atoms with Crippen LogP contribution >= 0.6 is 11.3 Å². The third kappa shape index (κ3) is 1.87. The minimum absolute atomic E-state index is 0.637. The SMILES string of the molecule is NCC(CC1CC1)c1cccs1. The van der Waals surface area contributed by atoms with Gasteiger partial charge in [-0.05, 0) is 30.3 Å². The Morgan fingerprint density at radius 3 is 2.92 bits per heavy atom. The molecule has 0 spiro atoms. The Bertz CT molecular complexity index is 226. The van der Waals surface area contributed by atoms with Crippen molar-refractivity contribution in [2.45, 2.75) is 25.2 Å². The molecule has 1 fully saturated rings. The minimum Gasteiger partial charge on any atom is -0.330 e. The summed E-state index contributed by atoms with van der Waals surface area (Å²) in [5, 5.41) is 2.14. The van der Waals surface area contributed by atoms with E-state index < -0.39 is 0 Å². The summed E-state index contributed by atoms with van der Waals surface area (Å²) in [4.78, 5) is 1.48. The number of hydrogen-bond acceptors (Lipinski definition) is 2. The van der Waals surface area contributed by atoms with E-state index in [1.165, 1.54) is 24.1 Å². The molecule has 1 unspecified atom stereocenters. The predicted octanol–water partition coefficient (Wildman–Crippen LogP) is 2.59. The highest BCUT2D eigenvalue weighted by molar-refractivity contribution is 7.10. The predicted molar refractivity (Wildman–Crippen MR) is 53.5 cm³/mol. The first-order valence-corrected chi connectivity index (χ1v) is 5.51. The summed E-state index contributed by atoms with van der Waals surface area (Å²) in [6.07, 6.45) is 4.18. The monoisotopic (exact) mass is 181 g/mol. The van der Waals surface area contributed by atoms with Gasteiger partial charge in [0.05, 0.1) is 0 Å². The van der Waals surface area contributed by atoms with Crippen LogP contribution in [-0.2, 0) is 0 Å². The molecule has 2 heteroatoms. The lowest BCUT2D eigenvalue weighted by Gasteiger charge is -2.11. The molecule has 1 heterocycles. The van der Waals surface area contributed by atoms with Crippen molar-refractivity contribution in [2.24, 2.45) is 11.7 Å². The zero-order valence-electron chi connectivity index (χ0n) is 7.20. The third-order valence-electron chi connectivity index (χ3n) is 2.54. The summed E-state index contributed by atoms with van der Waals surface area (Å²) in [5.74, 6) is 1.62. The van der Waals surface area contributed by atoms with Gasteiger partial charge in [0.2, 0.25) is 0 Å². The maximum atomic E-state index is 5.75. The minimum atomic E-state index is 0.637. The standard InChI is InChI=1S/C10H15NS/c11-7-9(6-8-3-4-8)10-2-1-5-12-10/h1-2,5,8-9H,3-4,6-7,11H2. The highest BCUT2D eigenvalue weighted by Crippen LogP contribution is 2.39. The van der Waals surface area contributed by atoms with E-state index in [0.717, 1.165) is 12.5 Å². The van der Waals surface area contributed by atoms with Crippen LogP contribution in [0.1, 0.15) is 30.1 Å². The van der Waals surface area contributed by atoms with E-state index in [1.807, 2.05) is 11.3 Å². The molecule has 1 nitrogen and oxygen atoms in total. The van der Waals surface area contributed by atoms with Crippen molar-refractivity contribution < 1.29 is 0 Å². The van der Waals surface area contributed by atoms with Crippen LogP contribution in [-0.4, -0.2) is 6.54 Å². The van der Waals surface area contributed by atoms with Crippen LogP contribution in [0, 0.1) is 5.92 Å². The van der Waals surface area contributed by atoms with Gasteiger partial charge in [0.25, 0.3) is 0 Å². The van der Waals surface area contributed by atoms with E-state index in [-0.39, 0.29) is 0 Å². The summed E-state index contributed by atoms with van der Waals surface area (Å²) in [5.41, 5.74) is 5.75.